The quantitative estimate of drug-likeness (QED) is 0.737. The highest BCUT2D eigenvalue weighted by molar-refractivity contribution is 7.92. The molecule has 1 aromatic carbocycles. The Morgan fingerprint density at radius 2 is 1.74 bits per heavy atom. The van der Waals surface area contributed by atoms with Gasteiger partial charge in [-0.3, -0.25) is 4.72 Å². The molecule has 124 valence electrons. The topological polar surface area (TPSA) is 116 Å². The zero-order valence-electron chi connectivity index (χ0n) is 12.8. The summed E-state index contributed by atoms with van der Waals surface area (Å²) in [5.41, 5.74) is 6.04. The van der Waals surface area contributed by atoms with Crippen molar-refractivity contribution < 1.29 is 17.9 Å². The Morgan fingerprint density at radius 1 is 1.09 bits per heavy atom. The van der Waals surface area contributed by atoms with E-state index in [0.717, 1.165) is 0 Å². The maximum Gasteiger partial charge on any atom is 0.321 e. The van der Waals surface area contributed by atoms with Crippen molar-refractivity contribution >= 4 is 21.5 Å². The second kappa shape index (κ2) is 7.14. The summed E-state index contributed by atoms with van der Waals surface area (Å²) in [7, 11) is -3.80. The fourth-order valence-corrected chi connectivity index (χ4v) is 2.71. The van der Waals surface area contributed by atoms with Gasteiger partial charge in [-0.1, -0.05) is 0 Å². The molecule has 23 heavy (non-hydrogen) atoms. The van der Waals surface area contributed by atoms with E-state index in [1.807, 2.05) is 0 Å². The van der Waals surface area contributed by atoms with Gasteiger partial charge in [-0.2, -0.15) is 9.97 Å². The third kappa shape index (κ3) is 4.46. The van der Waals surface area contributed by atoms with Crippen molar-refractivity contribution in [3.05, 3.63) is 30.3 Å². The number of benzene rings is 1. The number of aromatic nitrogens is 2. The number of hydrogen-bond acceptors (Lipinski definition) is 7. The largest absolute Gasteiger partial charge is 0.478 e. The summed E-state index contributed by atoms with van der Waals surface area (Å²) in [4.78, 5) is 8.10. The molecule has 0 amide bonds. The number of hydrogen-bond donors (Lipinski definition) is 2. The minimum Gasteiger partial charge on any atom is -0.478 e. The number of ether oxygens (including phenoxy) is 2. The standard InChI is InChI=1S/C14H18N4O4S/c1-3-21-13-9-12(16-14(17-13)22-4-2)18-23(19,20)11-7-5-10(15)6-8-11/h5-9H,3-4,15H2,1-2H3,(H,16,17,18). The maximum absolute atomic E-state index is 12.4. The number of nitrogens with one attached hydrogen (secondary N) is 1. The second-order valence-electron chi connectivity index (χ2n) is 4.41. The molecule has 2 rings (SSSR count). The molecule has 1 aromatic heterocycles. The minimum atomic E-state index is -3.80. The number of nitrogen functional groups attached to an aromatic ring is 1. The summed E-state index contributed by atoms with van der Waals surface area (Å²) in [5, 5.41) is 0. The van der Waals surface area contributed by atoms with Gasteiger partial charge >= 0.3 is 6.01 Å². The summed E-state index contributed by atoms with van der Waals surface area (Å²) >= 11 is 0. The zero-order valence-corrected chi connectivity index (χ0v) is 13.6. The van der Waals surface area contributed by atoms with Crippen LogP contribution in [0.1, 0.15) is 13.8 Å². The lowest BCUT2D eigenvalue weighted by Gasteiger charge is -2.11. The Kier molecular flexibility index (Phi) is 5.22. The summed E-state index contributed by atoms with van der Waals surface area (Å²) < 4.78 is 37.6. The Hall–Kier alpha value is -2.55. The van der Waals surface area contributed by atoms with Crippen LogP contribution in [0.5, 0.6) is 11.9 Å². The first-order valence-corrected chi connectivity index (χ1v) is 8.46. The molecule has 9 heteroatoms. The predicted molar refractivity (Wildman–Crippen MR) is 86.0 cm³/mol. The lowest BCUT2D eigenvalue weighted by atomic mass is 10.3. The van der Waals surface area contributed by atoms with Crippen molar-refractivity contribution in [3.8, 4) is 11.9 Å². The highest BCUT2D eigenvalue weighted by atomic mass is 32.2. The Morgan fingerprint density at radius 3 is 2.35 bits per heavy atom. The van der Waals surface area contributed by atoms with E-state index in [0.29, 0.717) is 18.9 Å². The summed E-state index contributed by atoms with van der Waals surface area (Å²) in [6.45, 7) is 4.29. The monoisotopic (exact) mass is 338 g/mol. The van der Waals surface area contributed by atoms with Crippen molar-refractivity contribution in [1.82, 2.24) is 9.97 Å². The SMILES string of the molecule is CCOc1cc(NS(=O)(=O)c2ccc(N)cc2)nc(OCC)n1. The summed E-state index contributed by atoms with van der Waals surface area (Å²) in [6.07, 6.45) is 0. The molecule has 0 bridgehead atoms. The molecule has 8 nitrogen and oxygen atoms in total. The average molecular weight is 338 g/mol. The summed E-state index contributed by atoms with van der Waals surface area (Å²) in [5.74, 6) is 0.282. The average Bonchev–Trinajstić information content (AvgIpc) is 2.47. The van der Waals surface area contributed by atoms with E-state index in [-0.39, 0.29) is 22.6 Å². The van der Waals surface area contributed by atoms with Gasteiger partial charge in [-0.05, 0) is 38.1 Å². The van der Waals surface area contributed by atoms with Gasteiger partial charge in [0, 0.05) is 11.8 Å². The lowest BCUT2D eigenvalue weighted by Crippen LogP contribution is -2.15. The Balaban J connectivity index is 2.31. The fraction of sp³-hybridized carbons (Fsp3) is 0.286. The van der Waals surface area contributed by atoms with Gasteiger partial charge in [0.25, 0.3) is 10.0 Å². The van der Waals surface area contributed by atoms with E-state index in [1.165, 1.54) is 30.3 Å². The molecule has 0 aliphatic carbocycles. The van der Waals surface area contributed by atoms with Gasteiger partial charge in [0.15, 0.2) is 5.82 Å². The molecule has 1 heterocycles. The molecule has 0 aliphatic heterocycles. The molecule has 0 saturated carbocycles. The number of nitrogens with two attached hydrogens (primary N) is 1. The second-order valence-corrected chi connectivity index (χ2v) is 6.10. The molecule has 0 radical (unpaired) electrons. The van der Waals surface area contributed by atoms with Crippen molar-refractivity contribution in [1.29, 1.82) is 0 Å². The zero-order chi connectivity index (χ0) is 16.9. The van der Waals surface area contributed by atoms with E-state index in [1.54, 1.807) is 13.8 Å². The number of sulfonamides is 1. The fourth-order valence-electron chi connectivity index (χ4n) is 1.72. The molecular formula is C14H18N4O4S. The highest BCUT2D eigenvalue weighted by Gasteiger charge is 2.16. The van der Waals surface area contributed by atoms with Crippen LogP contribution in [0, 0.1) is 0 Å². The van der Waals surface area contributed by atoms with E-state index < -0.39 is 10.0 Å². The lowest BCUT2D eigenvalue weighted by molar-refractivity contribution is 0.289. The Labute approximate surface area is 134 Å². The third-order valence-corrected chi connectivity index (χ3v) is 4.05. The molecule has 0 fully saturated rings. The van der Waals surface area contributed by atoms with E-state index >= 15 is 0 Å². The van der Waals surface area contributed by atoms with Gasteiger partial charge in [-0.15, -0.1) is 0 Å². The molecule has 0 unspecified atom stereocenters. The first kappa shape index (κ1) is 16.8. The van der Waals surface area contributed by atoms with Gasteiger partial charge < -0.3 is 15.2 Å². The molecule has 0 spiro atoms. The molecular weight excluding hydrogens is 320 g/mol. The normalized spacial score (nSPS) is 11.0. The maximum atomic E-state index is 12.4. The molecule has 2 aromatic rings. The predicted octanol–water partition coefficient (Wildman–Crippen LogP) is 1.66. The van der Waals surface area contributed by atoms with Crippen LogP contribution < -0.4 is 19.9 Å². The van der Waals surface area contributed by atoms with Gasteiger partial charge in [0.1, 0.15) is 0 Å². The van der Waals surface area contributed by atoms with E-state index in [9.17, 15) is 8.42 Å². The van der Waals surface area contributed by atoms with Gasteiger partial charge in [-0.25, -0.2) is 8.42 Å². The first-order valence-electron chi connectivity index (χ1n) is 6.97. The smallest absolute Gasteiger partial charge is 0.321 e. The molecule has 0 atom stereocenters. The van der Waals surface area contributed by atoms with E-state index in [2.05, 4.69) is 14.7 Å². The van der Waals surface area contributed by atoms with Crippen LogP contribution in [0.2, 0.25) is 0 Å². The number of anilines is 2. The van der Waals surface area contributed by atoms with Crippen LogP contribution in [-0.2, 0) is 10.0 Å². The minimum absolute atomic E-state index is 0.0356. The first-order chi connectivity index (χ1) is 10.9. The molecule has 0 aliphatic rings. The molecule has 3 N–H and O–H groups in total. The van der Waals surface area contributed by atoms with E-state index in [4.69, 9.17) is 15.2 Å². The van der Waals surface area contributed by atoms with Crippen LogP contribution in [0.25, 0.3) is 0 Å². The van der Waals surface area contributed by atoms with Crippen molar-refractivity contribution in [3.63, 3.8) is 0 Å². The summed E-state index contributed by atoms with van der Waals surface area (Å²) in [6, 6.07) is 7.25. The van der Waals surface area contributed by atoms with Gasteiger partial charge in [0.05, 0.1) is 18.1 Å². The van der Waals surface area contributed by atoms with Crippen LogP contribution in [0.15, 0.2) is 35.2 Å². The number of nitrogens with zero attached hydrogens (tertiary/aromatic N) is 2. The van der Waals surface area contributed by atoms with Crippen molar-refractivity contribution in [2.24, 2.45) is 0 Å². The van der Waals surface area contributed by atoms with Crippen LogP contribution in [0.3, 0.4) is 0 Å². The van der Waals surface area contributed by atoms with Crippen LogP contribution in [-0.4, -0.2) is 31.6 Å². The van der Waals surface area contributed by atoms with Crippen LogP contribution in [0.4, 0.5) is 11.5 Å². The third-order valence-electron chi connectivity index (χ3n) is 2.68. The van der Waals surface area contributed by atoms with Gasteiger partial charge in [0.2, 0.25) is 5.88 Å². The van der Waals surface area contributed by atoms with Crippen molar-refractivity contribution in [2.75, 3.05) is 23.7 Å². The van der Waals surface area contributed by atoms with Crippen molar-refractivity contribution in [2.45, 2.75) is 18.7 Å². The van der Waals surface area contributed by atoms with Crippen LogP contribution >= 0.6 is 0 Å². The highest BCUT2D eigenvalue weighted by Crippen LogP contribution is 2.21. The Bertz CT molecular complexity index is 739. The number of rotatable bonds is 7. The molecule has 0 saturated heterocycles.